The minimum Gasteiger partial charge on any atom is -0.484 e. The second-order valence-corrected chi connectivity index (χ2v) is 8.57. The van der Waals surface area contributed by atoms with E-state index in [0.29, 0.717) is 27.9 Å². The summed E-state index contributed by atoms with van der Waals surface area (Å²) >= 11 is 6.02. The van der Waals surface area contributed by atoms with E-state index < -0.39 is 11.8 Å². The molecule has 0 bridgehead atoms. The molecule has 0 saturated heterocycles. The van der Waals surface area contributed by atoms with Gasteiger partial charge in [0.05, 0.1) is 16.9 Å². The van der Waals surface area contributed by atoms with Crippen LogP contribution in [0.15, 0.2) is 77.9 Å². The van der Waals surface area contributed by atoms with Gasteiger partial charge in [0.15, 0.2) is 6.61 Å². The van der Waals surface area contributed by atoms with Crippen LogP contribution in [0, 0.1) is 0 Å². The Labute approximate surface area is 214 Å². The largest absolute Gasteiger partial charge is 0.484 e. The zero-order chi connectivity index (χ0) is 25.9. The fourth-order valence-corrected chi connectivity index (χ4v) is 3.23. The number of benzene rings is 3. The van der Waals surface area contributed by atoms with Crippen LogP contribution in [-0.4, -0.2) is 30.5 Å². The normalized spacial score (nSPS) is 10.8. The van der Waals surface area contributed by atoms with Crippen molar-refractivity contribution in [2.45, 2.75) is 26.3 Å². The van der Waals surface area contributed by atoms with E-state index in [4.69, 9.17) is 16.3 Å². The number of hydrazone groups is 1. The lowest BCUT2D eigenvalue weighted by molar-refractivity contribution is -0.139. The van der Waals surface area contributed by atoms with Gasteiger partial charge in [0.2, 0.25) is 0 Å². The highest BCUT2D eigenvalue weighted by Crippen LogP contribution is 2.20. The van der Waals surface area contributed by atoms with Crippen LogP contribution >= 0.6 is 11.6 Å². The molecule has 0 saturated carbocycles. The number of carbonyl (C=O) groups is 3. The molecule has 9 heteroatoms. The van der Waals surface area contributed by atoms with Crippen LogP contribution in [0.3, 0.4) is 0 Å². The standard InChI is InChI=1S/C27H27ClN4O4/c1-18(2)21-11-7-19(8-12-21)15-29-26(34)27(35)32-30-16-20-9-13-22(14-10-20)36-17-25(33)31-24-6-4-3-5-23(24)28/h3-14,16,18H,15,17H2,1-2H3,(H,29,34)(H,31,33)(H,32,35)/b30-16-. The van der Waals surface area contributed by atoms with E-state index in [9.17, 15) is 14.4 Å². The van der Waals surface area contributed by atoms with Crippen molar-refractivity contribution in [1.82, 2.24) is 10.7 Å². The molecule has 0 aliphatic carbocycles. The summed E-state index contributed by atoms with van der Waals surface area (Å²) in [6, 6.07) is 21.5. The van der Waals surface area contributed by atoms with E-state index in [1.54, 1.807) is 48.5 Å². The maximum absolute atomic E-state index is 12.0. The van der Waals surface area contributed by atoms with E-state index in [0.717, 1.165) is 5.56 Å². The molecule has 0 atom stereocenters. The highest BCUT2D eigenvalue weighted by atomic mass is 35.5. The van der Waals surface area contributed by atoms with Crippen molar-refractivity contribution in [1.29, 1.82) is 0 Å². The third-order valence-electron chi connectivity index (χ3n) is 5.08. The summed E-state index contributed by atoms with van der Waals surface area (Å²) in [5, 5.41) is 9.48. The van der Waals surface area contributed by atoms with E-state index in [2.05, 4.69) is 35.0 Å². The first-order valence-corrected chi connectivity index (χ1v) is 11.7. The summed E-state index contributed by atoms with van der Waals surface area (Å²) in [6.07, 6.45) is 1.39. The molecule has 0 heterocycles. The molecule has 36 heavy (non-hydrogen) atoms. The highest BCUT2D eigenvalue weighted by Gasteiger charge is 2.12. The van der Waals surface area contributed by atoms with Crippen LogP contribution in [0.1, 0.15) is 36.5 Å². The van der Waals surface area contributed by atoms with E-state index >= 15 is 0 Å². The summed E-state index contributed by atoms with van der Waals surface area (Å²) in [7, 11) is 0. The number of carbonyl (C=O) groups excluding carboxylic acids is 3. The zero-order valence-electron chi connectivity index (χ0n) is 20.0. The van der Waals surface area contributed by atoms with Crippen LogP contribution < -0.4 is 20.8 Å². The second kappa shape index (κ2) is 13.1. The van der Waals surface area contributed by atoms with E-state index in [1.165, 1.54) is 11.8 Å². The Bertz CT molecular complexity index is 1230. The average Bonchev–Trinajstić information content (AvgIpc) is 2.88. The number of hydrogen-bond donors (Lipinski definition) is 3. The molecule has 0 radical (unpaired) electrons. The Kier molecular flexibility index (Phi) is 9.59. The molecule has 0 fully saturated rings. The predicted molar refractivity (Wildman–Crippen MR) is 140 cm³/mol. The van der Waals surface area contributed by atoms with E-state index in [-0.39, 0.29) is 19.1 Å². The molecule has 0 aromatic heterocycles. The quantitative estimate of drug-likeness (QED) is 0.229. The van der Waals surface area contributed by atoms with Gasteiger partial charge >= 0.3 is 11.8 Å². The number of para-hydroxylation sites is 1. The SMILES string of the molecule is CC(C)c1ccc(CNC(=O)C(=O)N/N=C\c2ccc(OCC(=O)Nc3ccccc3Cl)cc2)cc1. The van der Waals surface area contributed by atoms with Gasteiger partial charge in [0.1, 0.15) is 5.75 Å². The number of rotatable bonds is 9. The van der Waals surface area contributed by atoms with Gasteiger partial charge in [-0.15, -0.1) is 0 Å². The molecule has 0 aliphatic rings. The van der Waals surface area contributed by atoms with Crippen molar-refractivity contribution >= 4 is 41.2 Å². The lowest BCUT2D eigenvalue weighted by Crippen LogP contribution is -2.37. The number of amides is 3. The molecule has 3 aromatic carbocycles. The summed E-state index contributed by atoms with van der Waals surface area (Å²) < 4.78 is 5.47. The minimum absolute atomic E-state index is 0.189. The number of ether oxygens (including phenoxy) is 1. The molecular formula is C27H27ClN4O4. The number of anilines is 1. The maximum atomic E-state index is 12.0. The first kappa shape index (κ1) is 26.4. The first-order valence-electron chi connectivity index (χ1n) is 11.3. The highest BCUT2D eigenvalue weighted by molar-refractivity contribution is 6.35. The number of nitrogens with zero attached hydrogens (tertiary/aromatic N) is 1. The summed E-state index contributed by atoms with van der Waals surface area (Å²) in [4.78, 5) is 36.0. The van der Waals surface area contributed by atoms with Crippen LogP contribution in [0.5, 0.6) is 5.75 Å². The van der Waals surface area contributed by atoms with Crippen LogP contribution in [0.4, 0.5) is 5.69 Å². The van der Waals surface area contributed by atoms with Crippen LogP contribution in [0.2, 0.25) is 5.02 Å². The Morgan fingerprint density at radius 3 is 2.31 bits per heavy atom. The molecule has 3 rings (SSSR count). The van der Waals surface area contributed by atoms with Crippen molar-refractivity contribution in [2.24, 2.45) is 5.10 Å². The molecule has 186 valence electrons. The maximum Gasteiger partial charge on any atom is 0.329 e. The fraction of sp³-hybridized carbons (Fsp3) is 0.185. The van der Waals surface area contributed by atoms with Gasteiger partial charge in [-0.3, -0.25) is 14.4 Å². The van der Waals surface area contributed by atoms with Crippen LogP contribution in [-0.2, 0) is 20.9 Å². The van der Waals surface area contributed by atoms with Crippen molar-refractivity contribution in [2.75, 3.05) is 11.9 Å². The fourth-order valence-electron chi connectivity index (χ4n) is 3.05. The molecule has 0 aliphatic heterocycles. The Morgan fingerprint density at radius 1 is 0.944 bits per heavy atom. The van der Waals surface area contributed by atoms with Gasteiger partial charge in [-0.25, -0.2) is 5.43 Å². The molecule has 8 nitrogen and oxygen atoms in total. The number of hydrogen-bond acceptors (Lipinski definition) is 5. The van der Waals surface area contributed by atoms with Crippen LogP contribution in [0.25, 0.3) is 0 Å². The topological polar surface area (TPSA) is 109 Å². The summed E-state index contributed by atoms with van der Waals surface area (Å²) in [6.45, 7) is 4.27. The molecule has 3 N–H and O–H groups in total. The third kappa shape index (κ3) is 8.25. The lowest BCUT2D eigenvalue weighted by atomic mass is 10.0. The van der Waals surface area contributed by atoms with Gasteiger partial charge < -0.3 is 15.4 Å². The second-order valence-electron chi connectivity index (χ2n) is 8.16. The summed E-state index contributed by atoms with van der Waals surface area (Å²) in [5.41, 5.74) is 5.47. The van der Waals surface area contributed by atoms with Gasteiger partial charge in [0, 0.05) is 6.54 Å². The van der Waals surface area contributed by atoms with Crippen molar-refractivity contribution in [3.8, 4) is 5.75 Å². The monoisotopic (exact) mass is 506 g/mol. The Morgan fingerprint density at radius 2 is 1.64 bits per heavy atom. The minimum atomic E-state index is -0.866. The zero-order valence-corrected chi connectivity index (χ0v) is 20.7. The van der Waals surface area contributed by atoms with Crippen molar-refractivity contribution < 1.29 is 19.1 Å². The lowest BCUT2D eigenvalue weighted by Gasteiger charge is -2.08. The third-order valence-corrected chi connectivity index (χ3v) is 5.41. The van der Waals surface area contributed by atoms with Gasteiger partial charge in [-0.05, 0) is 59.0 Å². The smallest absolute Gasteiger partial charge is 0.329 e. The Balaban J connectivity index is 1.39. The van der Waals surface area contributed by atoms with Gasteiger partial charge in [-0.1, -0.05) is 61.8 Å². The van der Waals surface area contributed by atoms with Crippen molar-refractivity contribution in [3.63, 3.8) is 0 Å². The van der Waals surface area contributed by atoms with Gasteiger partial charge in [-0.2, -0.15) is 5.10 Å². The number of nitrogens with one attached hydrogen (secondary N) is 3. The molecular weight excluding hydrogens is 480 g/mol. The molecule has 0 spiro atoms. The first-order chi connectivity index (χ1) is 17.3. The van der Waals surface area contributed by atoms with Crippen molar-refractivity contribution in [3.05, 3.63) is 94.5 Å². The number of halogens is 1. The average molecular weight is 507 g/mol. The predicted octanol–water partition coefficient (Wildman–Crippen LogP) is 4.25. The molecule has 3 amide bonds. The van der Waals surface area contributed by atoms with E-state index in [1.807, 2.05) is 24.3 Å². The molecule has 0 unspecified atom stereocenters. The van der Waals surface area contributed by atoms with Gasteiger partial charge in [0.25, 0.3) is 5.91 Å². The molecule has 3 aromatic rings. The summed E-state index contributed by atoms with van der Waals surface area (Å²) in [5.74, 6) is -1.09. The Hall–Kier alpha value is -4.17.